The van der Waals surface area contributed by atoms with Crippen molar-refractivity contribution in [1.82, 2.24) is 9.62 Å². The van der Waals surface area contributed by atoms with Gasteiger partial charge in [0, 0.05) is 0 Å². The molecule has 136 valence electrons. The Hall–Kier alpha value is -0.470. The molecule has 0 aromatic carbocycles. The summed E-state index contributed by atoms with van der Waals surface area (Å²) in [4.78, 5) is 5.30. The first kappa shape index (κ1) is 21.6. The molecule has 0 spiro atoms. The van der Waals surface area contributed by atoms with Crippen molar-refractivity contribution in [2.24, 2.45) is 0 Å². The Kier molecular flexibility index (Phi) is 8.35. The van der Waals surface area contributed by atoms with Gasteiger partial charge in [0.2, 0.25) is 13.7 Å². The highest BCUT2D eigenvalue weighted by molar-refractivity contribution is 6.62. The maximum atomic E-state index is 4.46. The Balaban J connectivity index is 2.96. The van der Waals surface area contributed by atoms with Crippen molar-refractivity contribution < 1.29 is 0 Å². The Morgan fingerprint density at radius 2 is 0.792 bits per heavy atom. The summed E-state index contributed by atoms with van der Waals surface area (Å²) in [5.41, 5.74) is 2.82. The van der Waals surface area contributed by atoms with Crippen molar-refractivity contribution in [3.05, 3.63) is 24.3 Å². The molecule has 2 nitrogen and oxygen atoms in total. The Morgan fingerprint density at radius 1 is 0.583 bits per heavy atom. The summed E-state index contributed by atoms with van der Waals surface area (Å²) in [5.74, 6) is 0. The predicted molar refractivity (Wildman–Crippen MR) is 113 cm³/mol. The lowest BCUT2D eigenvalue weighted by atomic mass is 9.40. The second-order valence-corrected chi connectivity index (χ2v) is 8.89. The van der Waals surface area contributed by atoms with Crippen LogP contribution in [0.2, 0.25) is 25.3 Å². The van der Waals surface area contributed by atoms with Gasteiger partial charge in [0.15, 0.2) is 0 Å². The van der Waals surface area contributed by atoms with Crippen molar-refractivity contribution in [2.45, 2.75) is 105 Å². The van der Waals surface area contributed by atoms with E-state index in [4.69, 9.17) is 0 Å². The molecular weight excluding hydrogens is 290 g/mol. The monoisotopic (exact) mass is 330 g/mol. The van der Waals surface area contributed by atoms with Crippen molar-refractivity contribution in [1.29, 1.82) is 0 Å². The highest BCUT2D eigenvalue weighted by Gasteiger charge is 2.35. The summed E-state index contributed by atoms with van der Waals surface area (Å²) in [6.45, 7) is 28.5. The van der Waals surface area contributed by atoms with Crippen LogP contribution >= 0.6 is 0 Å². The molecule has 0 bridgehead atoms. The van der Waals surface area contributed by atoms with Crippen LogP contribution in [0.25, 0.3) is 0 Å². The van der Waals surface area contributed by atoms with Crippen LogP contribution in [0, 0.1) is 0 Å². The summed E-state index contributed by atoms with van der Waals surface area (Å²) < 4.78 is 0. The standard InChI is InChI=1S/C20H40B2N2/c1-15(2)23(16(3)4)21-11-19(9)13-22(14-20(10)12-21)24(17(5)6)18(7)8/h15-18H,9-14H2,1-8H3. The van der Waals surface area contributed by atoms with Crippen LogP contribution in [0.15, 0.2) is 24.3 Å². The topological polar surface area (TPSA) is 6.48 Å². The third kappa shape index (κ3) is 5.81. The van der Waals surface area contributed by atoms with Crippen molar-refractivity contribution in [2.75, 3.05) is 0 Å². The summed E-state index contributed by atoms with van der Waals surface area (Å²) in [6, 6.07) is 2.25. The minimum atomic E-state index is 0.553. The van der Waals surface area contributed by atoms with E-state index in [1.807, 2.05) is 0 Å². The molecule has 1 heterocycles. The van der Waals surface area contributed by atoms with Crippen LogP contribution < -0.4 is 0 Å². The van der Waals surface area contributed by atoms with Crippen molar-refractivity contribution in [3.63, 3.8) is 0 Å². The average Bonchev–Trinajstić information content (AvgIpc) is 2.34. The lowest BCUT2D eigenvalue weighted by molar-refractivity contribution is 0.299. The molecule has 0 atom stereocenters. The number of rotatable bonds is 6. The molecule has 24 heavy (non-hydrogen) atoms. The third-order valence-corrected chi connectivity index (χ3v) is 5.33. The molecule has 0 aliphatic carbocycles. The highest BCUT2D eigenvalue weighted by Crippen LogP contribution is 2.31. The van der Waals surface area contributed by atoms with Gasteiger partial charge in [-0.3, -0.25) is 0 Å². The molecule has 0 amide bonds. The van der Waals surface area contributed by atoms with Gasteiger partial charge in [-0.1, -0.05) is 66.5 Å². The van der Waals surface area contributed by atoms with Crippen LogP contribution in [-0.4, -0.2) is 47.5 Å². The summed E-state index contributed by atoms with van der Waals surface area (Å²) in [5, 5.41) is 0. The minimum Gasteiger partial charge on any atom is -0.337 e. The van der Waals surface area contributed by atoms with Crippen molar-refractivity contribution in [3.8, 4) is 0 Å². The smallest absolute Gasteiger partial charge is 0.231 e. The first-order chi connectivity index (χ1) is 11.0. The molecule has 1 aliphatic rings. The van der Waals surface area contributed by atoms with Crippen LogP contribution in [0.1, 0.15) is 55.4 Å². The van der Waals surface area contributed by atoms with Gasteiger partial charge in [-0.05, 0) is 49.4 Å². The molecule has 0 aromatic rings. The van der Waals surface area contributed by atoms with Crippen LogP contribution in [-0.2, 0) is 0 Å². The second kappa shape index (κ2) is 9.29. The van der Waals surface area contributed by atoms with E-state index in [1.165, 1.54) is 11.1 Å². The van der Waals surface area contributed by atoms with E-state index in [-0.39, 0.29) is 0 Å². The molecule has 0 N–H and O–H groups in total. The van der Waals surface area contributed by atoms with E-state index in [0.717, 1.165) is 25.3 Å². The molecule has 1 fully saturated rings. The van der Waals surface area contributed by atoms with E-state index in [0.29, 0.717) is 37.9 Å². The number of hydrogen-bond donors (Lipinski definition) is 0. The largest absolute Gasteiger partial charge is 0.337 e. The average molecular weight is 330 g/mol. The van der Waals surface area contributed by atoms with Crippen LogP contribution in [0.5, 0.6) is 0 Å². The maximum absolute atomic E-state index is 4.46. The normalized spacial score (nSPS) is 17.9. The number of allylic oxidation sites excluding steroid dienone is 2. The van der Waals surface area contributed by atoms with Crippen molar-refractivity contribution >= 4 is 13.7 Å². The molecule has 1 rings (SSSR count). The first-order valence-corrected chi connectivity index (χ1v) is 9.92. The van der Waals surface area contributed by atoms with Gasteiger partial charge in [0.05, 0.1) is 0 Å². The molecule has 0 radical (unpaired) electrons. The third-order valence-electron chi connectivity index (χ3n) is 5.33. The fraction of sp³-hybridized carbons (Fsp3) is 0.800. The molecule has 1 aliphatic heterocycles. The van der Waals surface area contributed by atoms with Gasteiger partial charge < -0.3 is 9.62 Å². The van der Waals surface area contributed by atoms with E-state index in [1.54, 1.807) is 0 Å². The molecule has 4 heteroatoms. The van der Waals surface area contributed by atoms with Gasteiger partial charge in [0.25, 0.3) is 0 Å². The van der Waals surface area contributed by atoms with E-state index in [9.17, 15) is 0 Å². The zero-order valence-electron chi connectivity index (χ0n) is 17.6. The SMILES string of the molecule is C=C1CB(N(C(C)C)C(C)C)CC(=C)CB(N(C(C)C)C(C)C)C1. The Morgan fingerprint density at radius 3 is 0.958 bits per heavy atom. The highest BCUT2D eigenvalue weighted by atomic mass is 15.1. The molecular formula is C20H40B2N2. The predicted octanol–water partition coefficient (Wildman–Crippen LogP) is 5.33. The number of hydrogen-bond acceptors (Lipinski definition) is 2. The fourth-order valence-corrected chi connectivity index (χ4v) is 4.94. The number of nitrogens with zero attached hydrogens (tertiary/aromatic N) is 2. The summed E-state index contributed by atoms with van der Waals surface area (Å²) in [6.07, 6.45) is 4.43. The Labute approximate surface area is 152 Å². The van der Waals surface area contributed by atoms with Gasteiger partial charge in [-0.15, -0.1) is 13.2 Å². The summed E-state index contributed by atoms with van der Waals surface area (Å²) in [7, 11) is 0. The molecule has 0 saturated carbocycles. The summed E-state index contributed by atoms with van der Waals surface area (Å²) >= 11 is 0. The second-order valence-electron chi connectivity index (χ2n) is 8.89. The van der Waals surface area contributed by atoms with Gasteiger partial charge in [-0.25, -0.2) is 0 Å². The maximum Gasteiger partial charge on any atom is 0.231 e. The first-order valence-electron chi connectivity index (χ1n) is 9.92. The molecule has 0 aromatic heterocycles. The Bertz CT molecular complexity index is 357. The zero-order valence-corrected chi connectivity index (χ0v) is 17.6. The minimum absolute atomic E-state index is 0.553. The quantitative estimate of drug-likeness (QED) is 0.479. The molecule has 0 unspecified atom stereocenters. The van der Waals surface area contributed by atoms with Crippen LogP contribution in [0.4, 0.5) is 0 Å². The lowest BCUT2D eigenvalue weighted by Crippen LogP contribution is -2.51. The van der Waals surface area contributed by atoms with E-state index < -0.39 is 0 Å². The van der Waals surface area contributed by atoms with Gasteiger partial charge in [-0.2, -0.15) is 0 Å². The molecule has 1 saturated heterocycles. The fourth-order valence-electron chi connectivity index (χ4n) is 4.94. The lowest BCUT2D eigenvalue weighted by Gasteiger charge is -2.41. The van der Waals surface area contributed by atoms with Crippen LogP contribution in [0.3, 0.4) is 0 Å². The van der Waals surface area contributed by atoms with E-state index >= 15 is 0 Å². The zero-order chi connectivity index (χ0) is 18.6. The van der Waals surface area contributed by atoms with Gasteiger partial charge >= 0.3 is 0 Å². The van der Waals surface area contributed by atoms with Gasteiger partial charge in [0.1, 0.15) is 0 Å². The van der Waals surface area contributed by atoms with E-state index in [2.05, 4.69) is 78.2 Å².